The summed E-state index contributed by atoms with van der Waals surface area (Å²) in [6.07, 6.45) is 0.538. The van der Waals surface area contributed by atoms with Gasteiger partial charge in [-0.25, -0.2) is 17.2 Å². The maximum Gasteiger partial charge on any atom is 0.254 e. The first-order valence-corrected chi connectivity index (χ1v) is 8.68. The number of carbonyl (C=O) groups is 1. The number of amides is 1. The Morgan fingerprint density at radius 3 is 2.32 bits per heavy atom. The van der Waals surface area contributed by atoms with Crippen LogP contribution in [0.4, 0.5) is 8.78 Å². The molecule has 8 heteroatoms. The minimum atomic E-state index is -3.27. The molecule has 0 unspecified atom stereocenters. The quantitative estimate of drug-likeness (QED) is 0.839. The predicted octanol–water partition coefficient (Wildman–Crippen LogP) is 1.46. The highest BCUT2D eigenvalue weighted by Crippen LogP contribution is 2.14. The Morgan fingerprint density at radius 2 is 1.77 bits per heavy atom. The summed E-state index contributed by atoms with van der Waals surface area (Å²) in [5.41, 5.74) is 0.0590. The molecule has 5 nitrogen and oxygen atoms in total. The molecule has 1 saturated heterocycles. The maximum absolute atomic E-state index is 13.2. The van der Waals surface area contributed by atoms with Gasteiger partial charge in [0.05, 0.1) is 5.75 Å². The molecule has 1 aliphatic heterocycles. The van der Waals surface area contributed by atoms with Gasteiger partial charge in [-0.2, -0.15) is 4.31 Å². The SMILES string of the molecule is CCCS(=O)(=O)N1CCN(C(=O)c2ccc(F)c(F)c2)CC1. The summed E-state index contributed by atoms with van der Waals surface area (Å²) in [6.45, 7) is 2.71. The highest BCUT2D eigenvalue weighted by molar-refractivity contribution is 7.89. The number of carbonyl (C=O) groups excluding carboxylic acids is 1. The van der Waals surface area contributed by atoms with Crippen molar-refractivity contribution in [2.24, 2.45) is 0 Å². The molecule has 0 aliphatic carbocycles. The van der Waals surface area contributed by atoms with Crippen LogP contribution >= 0.6 is 0 Å². The molecule has 1 amide bonds. The summed E-state index contributed by atoms with van der Waals surface area (Å²) >= 11 is 0. The number of piperazine rings is 1. The van der Waals surface area contributed by atoms with E-state index in [0.29, 0.717) is 6.42 Å². The van der Waals surface area contributed by atoms with Crippen LogP contribution < -0.4 is 0 Å². The molecule has 0 N–H and O–H groups in total. The monoisotopic (exact) mass is 332 g/mol. The standard InChI is InChI=1S/C14H18F2N2O3S/c1-2-9-22(20,21)18-7-5-17(6-8-18)14(19)11-3-4-12(15)13(16)10-11/h3-4,10H,2,5-9H2,1H3. The van der Waals surface area contributed by atoms with Crippen molar-refractivity contribution >= 4 is 15.9 Å². The summed E-state index contributed by atoms with van der Waals surface area (Å²) in [4.78, 5) is 13.7. The van der Waals surface area contributed by atoms with Crippen LogP contribution in [0.1, 0.15) is 23.7 Å². The van der Waals surface area contributed by atoms with Crippen LogP contribution in [0.25, 0.3) is 0 Å². The zero-order chi connectivity index (χ0) is 16.3. The van der Waals surface area contributed by atoms with Gasteiger partial charge in [-0.15, -0.1) is 0 Å². The minimum absolute atomic E-state index is 0.0590. The van der Waals surface area contributed by atoms with Crippen molar-refractivity contribution < 1.29 is 22.0 Å². The van der Waals surface area contributed by atoms with Crippen LogP contribution in [0.3, 0.4) is 0 Å². The van der Waals surface area contributed by atoms with E-state index in [2.05, 4.69) is 0 Å². The Hall–Kier alpha value is -1.54. The Bertz CT molecular complexity index is 656. The third-order valence-electron chi connectivity index (χ3n) is 3.55. The number of sulfonamides is 1. The molecule has 122 valence electrons. The van der Waals surface area contributed by atoms with E-state index in [1.165, 1.54) is 15.3 Å². The van der Waals surface area contributed by atoms with Crippen molar-refractivity contribution in [2.75, 3.05) is 31.9 Å². The number of rotatable bonds is 4. The van der Waals surface area contributed by atoms with E-state index in [1.807, 2.05) is 0 Å². The largest absolute Gasteiger partial charge is 0.336 e. The molecule has 0 spiro atoms. The van der Waals surface area contributed by atoms with Crippen LogP contribution in [0, 0.1) is 11.6 Å². The van der Waals surface area contributed by atoms with Crippen molar-refractivity contribution in [1.29, 1.82) is 0 Å². The summed E-state index contributed by atoms with van der Waals surface area (Å²) in [6, 6.07) is 2.99. The number of nitrogens with zero attached hydrogens (tertiary/aromatic N) is 2. The zero-order valence-electron chi connectivity index (χ0n) is 12.3. The van der Waals surface area contributed by atoms with Crippen LogP contribution in [0.5, 0.6) is 0 Å². The molecular weight excluding hydrogens is 314 g/mol. The second-order valence-electron chi connectivity index (χ2n) is 5.14. The first-order chi connectivity index (χ1) is 10.3. The lowest BCUT2D eigenvalue weighted by Gasteiger charge is -2.34. The van der Waals surface area contributed by atoms with E-state index in [-0.39, 0.29) is 37.5 Å². The van der Waals surface area contributed by atoms with Gasteiger partial charge in [0.15, 0.2) is 11.6 Å². The van der Waals surface area contributed by atoms with E-state index >= 15 is 0 Å². The average molecular weight is 332 g/mol. The number of benzene rings is 1. The first-order valence-electron chi connectivity index (χ1n) is 7.07. The molecule has 0 radical (unpaired) electrons. The molecule has 1 fully saturated rings. The van der Waals surface area contributed by atoms with Crippen LogP contribution in [0.2, 0.25) is 0 Å². The van der Waals surface area contributed by atoms with Crippen molar-refractivity contribution in [3.05, 3.63) is 35.4 Å². The number of hydrogen-bond acceptors (Lipinski definition) is 3. The number of halogens is 2. The maximum atomic E-state index is 13.2. The molecule has 1 aromatic rings. The lowest BCUT2D eigenvalue weighted by Crippen LogP contribution is -2.51. The van der Waals surface area contributed by atoms with Gasteiger partial charge in [-0.05, 0) is 24.6 Å². The van der Waals surface area contributed by atoms with Gasteiger partial charge < -0.3 is 4.90 Å². The van der Waals surface area contributed by atoms with E-state index in [4.69, 9.17) is 0 Å². The second-order valence-corrected chi connectivity index (χ2v) is 7.22. The molecule has 0 atom stereocenters. The molecule has 0 aromatic heterocycles. The van der Waals surface area contributed by atoms with Gasteiger partial charge in [-0.1, -0.05) is 6.92 Å². The fraction of sp³-hybridized carbons (Fsp3) is 0.500. The highest BCUT2D eigenvalue weighted by Gasteiger charge is 2.28. The summed E-state index contributed by atoms with van der Waals surface area (Å²) < 4.78 is 51.3. The van der Waals surface area contributed by atoms with E-state index < -0.39 is 27.6 Å². The third-order valence-corrected chi connectivity index (χ3v) is 5.62. The van der Waals surface area contributed by atoms with Crippen molar-refractivity contribution in [3.8, 4) is 0 Å². The van der Waals surface area contributed by atoms with Crippen LogP contribution in [-0.4, -0.2) is 55.5 Å². The predicted molar refractivity (Wildman–Crippen MR) is 77.9 cm³/mol. The Morgan fingerprint density at radius 1 is 1.14 bits per heavy atom. The smallest absolute Gasteiger partial charge is 0.254 e. The van der Waals surface area contributed by atoms with Gasteiger partial charge in [0.1, 0.15) is 0 Å². The fourth-order valence-corrected chi connectivity index (χ4v) is 3.86. The molecule has 22 heavy (non-hydrogen) atoms. The lowest BCUT2D eigenvalue weighted by atomic mass is 10.1. The molecule has 1 aliphatic rings. The van der Waals surface area contributed by atoms with Crippen molar-refractivity contribution in [3.63, 3.8) is 0 Å². The minimum Gasteiger partial charge on any atom is -0.336 e. The van der Waals surface area contributed by atoms with Gasteiger partial charge in [0, 0.05) is 31.7 Å². The van der Waals surface area contributed by atoms with Gasteiger partial charge >= 0.3 is 0 Å². The number of hydrogen-bond donors (Lipinski definition) is 0. The van der Waals surface area contributed by atoms with E-state index in [0.717, 1.165) is 12.1 Å². The van der Waals surface area contributed by atoms with E-state index in [9.17, 15) is 22.0 Å². The van der Waals surface area contributed by atoms with Crippen LogP contribution in [-0.2, 0) is 10.0 Å². The van der Waals surface area contributed by atoms with Crippen molar-refractivity contribution in [1.82, 2.24) is 9.21 Å². The summed E-state index contributed by atoms with van der Waals surface area (Å²) in [5, 5.41) is 0. The van der Waals surface area contributed by atoms with Gasteiger partial charge in [0.2, 0.25) is 10.0 Å². The molecule has 0 bridgehead atoms. The first kappa shape index (κ1) is 16.8. The van der Waals surface area contributed by atoms with Gasteiger partial charge in [0.25, 0.3) is 5.91 Å². The summed E-state index contributed by atoms with van der Waals surface area (Å²) in [7, 11) is -3.27. The molecule has 2 rings (SSSR count). The normalized spacial score (nSPS) is 16.8. The average Bonchev–Trinajstić information content (AvgIpc) is 2.49. The third kappa shape index (κ3) is 3.61. The van der Waals surface area contributed by atoms with Gasteiger partial charge in [-0.3, -0.25) is 4.79 Å². The molecule has 0 saturated carbocycles. The lowest BCUT2D eigenvalue weighted by molar-refractivity contribution is 0.0697. The Kier molecular flexibility index (Phi) is 5.12. The molecular formula is C14H18F2N2O3S. The molecule has 1 heterocycles. The fourth-order valence-electron chi connectivity index (χ4n) is 2.37. The van der Waals surface area contributed by atoms with Crippen LogP contribution in [0.15, 0.2) is 18.2 Å². The summed E-state index contributed by atoms with van der Waals surface area (Å²) in [5.74, 6) is -2.42. The Labute approximate surface area is 128 Å². The Balaban J connectivity index is 2.02. The second kappa shape index (κ2) is 6.70. The van der Waals surface area contributed by atoms with Crippen molar-refractivity contribution in [2.45, 2.75) is 13.3 Å². The highest BCUT2D eigenvalue weighted by atomic mass is 32.2. The topological polar surface area (TPSA) is 57.7 Å². The zero-order valence-corrected chi connectivity index (χ0v) is 13.1. The molecule has 1 aromatic carbocycles. The van der Waals surface area contributed by atoms with E-state index in [1.54, 1.807) is 6.92 Å².